The molecule has 4 heterocycles. The van der Waals surface area contributed by atoms with Gasteiger partial charge in [0.15, 0.2) is 0 Å². The van der Waals surface area contributed by atoms with Crippen LogP contribution < -0.4 is 10.6 Å². The van der Waals surface area contributed by atoms with Crippen LogP contribution in [0.1, 0.15) is 46.1 Å². The molecule has 6 atom stereocenters. The second kappa shape index (κ2) is 10.3. The minimum absolute atomic E-state index is 0.0650. The molecule has 0 aliphatic carbocycles. The molecule has 0 unspecified atom stereocenters. The third-order valence-electron chi connectivity index (χ3n) is 7.89. The normalized spacial score (nSPS) is 30.9. The van der Waals surface area contributed by atoms with Crippen LogP contribution in [0, 0.1) is 0 Å². The standard InChI is InChI=1S/C26H35N7O5/c1-14(2)31-11-17-8-22(31)26(38)32-12-18(33-13-20(29-30-33)16-5-4-6-19(34)7-16)9-21(32)25(37)27-15(3)23(35)10-24(36)28-17/h4-7,13-15,17-18,21-23,34-35H,8-12H2,1-3H3,(H,27,37)(H,28,36)/t15-,17-,18-,21-,22-,23-/m0/s1. The Balaban J connectivity index is 1.45. The molecule has 12 nitrogen and oxygen atoms in total. The van der Waals surface area contributed by atoms with Crippen molar-refractivity contribution in [1.29, 1.82) is 0 Å². The van der Waals surface area contributed by atoms with Crippen LogP contribution in [0.3, 0.4) is 0 Å². The molecule has 1 aromatic carbocycles. The van der Waals surface area contributed by atoms with Crippen LogP contribution in [0.5, 0.6) is 5.75 Å². The van der Waals surface area contributed by atoms with E-state index in [0.29, 0.717) is 30.6 Å². The van der Waals surface area contributed by atoms with Gasteiger partial charge in [-0.3, -0.25) is 19.3 Å². The number of aromatic hydroxyl groups is 1. The largest absolute Gasteiger partial charge is 0.508 e. The first-order chi connectivity index (χ1) is 18.1. The number of nitrogens with zero attached hydrogens (tertiary/aromatic N) is 5. The first kappa shape index (κ1) is 26.1. The van der Waals surface area contributed by atoms with E-state index in [1.165, 1.54) is 0 Å². The van der Waals surface area contributed by atoms with E-state index in [9.17, 15) is 24.6 Å². The number of hydrogen-bond donors (Lipinski definition) is 4. The third-order valence-corrected chi connectivity index (χ3v) is 7.89. The second-order valence-corrected chi connectivity index (χ2v) is 10.9. The number of rotatable bonds is 3. The van der Waals surface area contributed by atoms with Crippen molar-refractivity contribution >= 4 is 17.7 Å². The summed E-state index contributed by atoms with van der Waals surface area (Å²) in [4.78, 5) is 43.7. The molecule has 3 aliphatic rings. The van der Waals surface area contributed by atoms with Crippen LogP contribution in [0.4, 0.5) is 0 Å². The van der Waals surface area contributed by atoms with Gasteiger partial charge in [0.1, 0.15) is 17.5 Å². The minimum Gasteiger partial charge on any atom is -0.508 e. The van der Waals surface area contributed by atoms with Gasteiger partial charge in [0.25, 0.3) is 0 Å². The van der Waals surface area contributed by atoms with Crippen LogP contribution in [0.25, 0.3) is 11.3 Å². The van der Waals surface area contributed by atoms with Gasteiger partial charge < -0.3 is 25.7 Å². The first-order valence-corrected chi connectivity index (χ1v) is 13.2. The van der Waals surface area contributed by atoms with Crippen molar-refractivity contribution in [2.45, 2.75) is 82.4 Å². The van der Waals surface area contributed by atoms with Crippen LogP contribution in [-0.4, -0.2) is 102 Å². The van der Waals surface area contributed by atoms with E-state index >= 15 is 0 Å². The van der Waals surface area contributed by atoms with Crippen LogP contribution >= 0.6 is 0 Å². The monoisotopic (exact) mass is 525 g/mol. The number of fused-ring (bicyclic) bond motifs is 3. The highest BCUT2D eigenvalue weighted by atomic mass is 16.3. The number of aliphatic hydroxyl groups is 1. The Labute approximate surface area is 221 Å². The number of likely N-dealkylation sites (tertiary alicyclic amines) is 1. The van der Waals surface area contributed by atoms with Gasteiger partial charge in [-0.1, -0.05) is 17.3 Å². The summed E-state index contributed by atoms with van der Waals surface area (Å²) in [5.74, 6) is -0.699. The van der Waals surface area contributed by atoms with Crippen molar-refractivity contribution < 1.29 is 24.6 Å². The summed E-state index contributed by atoms with van der Waals surface area (Å²) in [6.07, 6.45) is 1.34. The van der Waals surface area contributed by atoms with Crippen molar-refractivity contribution in [3.63, 3.8) is 0 Å². The maximum Gasteiger partial charge on any atom is 0.243 e. The molecule has 204 valence electrons. The van der Waals surface area contributed by atoms with Gasteiger partial charge in [0.2, 0.25) is 17.7 Å². The molecule has 38 heavy (non-hydrogen) atoms. The van der Waals surface area contributed by atoms with Gasteiger partial charge in [-0.05, 0) is 39.3 Å². The summed E-state index contributed by atoms with van der Waals surface area (Å²) in [6, 6.07) is 4.38. The average Bonchev–Trinajstić information content (AvgIpc) is 3.61. The lowest BCUT2D eigenvalue weighted by molar-refractivity contribution is -0.142. The van der Waals surface area contributed by atoms with E-state index in [0.717, 1.165) is 0 Å². The van der Waals surface area contributed by atoms with E-state index < -0.39 is 24.2 Å². The maximum absolute atomic E-state index is 14.0. The Kier molecular flexibility index (Phi) is 7.10. The van der Waals surface area contributed by atoms with Gasteiger partial charge >= 0.3 is 0 Å². The van der Waals surface area contributed by atoms with E-state index in [1.54, 1.807) is 40.9 Å². The summed E-state index contributed by atoms with van der Waals surface area (Å²) in [5.41, 5.74) is 1.28. The summed E-state index contributed by atoms with van der Waals surface area (Å²) >= 11 is 0. The van der Waals surface area contributed by atoms with Gasteiger partial charge in [-0.25, -0.2) is 4.68 Å². The first-order valence-electron chi connectivity index (χ1n) is 13.2. The van der Waals surface area contributed by atoms with Crippen LogP contribution in [0.2, 0.25) is 0 Å². The zero-order chi connectivity index (χ0) is 27.1. The Morgan fingerprint density at radius 3 is 2.61 bits per heavy atom. The molecule has 3 aliphatic heterocycles. The maximum atomic E-state index is 14.0. The highest BCUT2D eigenvalue weighted by Gasteiger charge is 2.47. The molecule has 2 bridgehead atoms. The van der Waals surface area contributed by atoms with Gasteiger partial charge in [-0.2, -0.15) is 0 Å². The average molecular weight is 526 g/mol. The molecule has 3 saturated heterocycles. The van der Waals surface area contributed by atoms with Gasteiger partial charge in [0, 0.05) is 37.2 Å². The Morgan fingerprint density at radius 1 is 1.08 bits per heavy atom. The number of benzene rings is 1. The quantitative estimate of drug-likeness (QED) is 0.438. The Morgan fingerprint density at radius 2 is 1.87 bits per heavy atom. The molecule has 2 aromatic rings. The summed E-state index contributed by atoms with van der Waals surface area (Å²) in [6.45, 7) is 6.47. The number of phenolic OH excluding ortho intramolecular Hbond substituents is 1. The highest BCUT2D eigenvalue weighted by molar-refractivity contribution is 5.91. The Bertz CT molecular complexity index is 1220. The molecule has 0 spiro atoms. The fourth-order valence-corrected chi connectivity index (χ4v) is 5.79. The number of aliphatic hydroxyl groups excluding tert-OH is 1. The number of carbonyl (C=O) groups is 3. The van der Waals surface area contributed by atoms with Crippen molar-refractivity contribution in [3.8, 4) is 17.0 Å². The molecule has 12 heteroatoms. The SMILES string of the molecule is CC(C)N1C[C@@H]2C[C@H]1C(=O)N1C[C@@H](n3cc(-c4cccc(O)c4)nn3)C[C@H]1C(=O)N[C@@H](C)[C@@H](O)CC(=O)N2. The molecule has 1 aromatic heterocycles. The molecular formula is C26H35N7O5. The van der Waals surface area contributed by atoms with E-state index in [-0.39, 0.29) is 54.6 Å². The smallest absolute Gasteiger partial charge is 0.243 e. The van der Waals surface area contributed by atoms with Crippen molar-refractivity contribution in [2.75, 3.05) is 13.1 Å². The molecule has 4 N–H and O–H groups in total. The second-order valence-electron chi connectivity index (χ2n) is 10.9. The lowest BCUT2D eigenvalue weighted by Gasteiger charge is -2.33. The van der Waals surface area contributed by atoms with E-state index in [4.69, 9.17) is 0 Å². The lowest BCUT2D eigenvalue weighted by Crippen LogP contribution is -2.55. The molecule has 3 fully saturated rings. The fraction of sp³-hybridized carbons (Fsp3) is 0.577. The van der Waals surface area contributed by atoms with E-state index in [1.807, 2.05) is 19.9 Å². The predicted molar refractivity (Wildman–Crippen MR) is 137 cm³/mol. The van der Waals surface area contributed by atoms with Gasteiger partial charge in [-0.15, -0.1) is 5.10 Å². The molecular weight excluding hydrogens is 490 g/mol. The zero-order valence-electron chi connectivity index (χ0n) is 21.8. The predicted octanol–water partition coefficient (Wildman–Crippen LogP) is 0.0295. The summed E-state index contributed by atoms with van der Waals surface area (Å²) in [5, 5.41) is 34.7. The van der Waals surface area contributed by atoms with Gasteiger partial charge in [0.05, 0.1) is 36.8 Å². The highest BCUT2D eigenvalue weighted by Crippen LogP contribution is 2.32. The van der Waals surface area contributed by atoms with Crippen LogP contribution in [0.15, 0.2) is 30.5 Å². The number of carbonyl (C=O) groups excluding carboxylic acids is 3. The molecule has 3 amide bonds. The number of hydrogen-bond acceptors (Lipinski definition) is 8. The van der Waals surface area contributed by atoms with Crippen LogP contribution in [-0.2, 0) is 14.4 Å². The zero-order valence-corrected chi connectivity index (χ0v) is 21.8. The lowest BCUT2D eigenvalue weighted by atomic mass is 10.1. The molecule has 0 radical (unpaired) electrons. The van der Waals surface area contributed by atoms with Crippen molar-refractivity contribution in [2.24, 2.45) is 0 Å². The van der Waals surface area contributed by atoms with Crippen molar-refractivity contribution in [1.82, 2.24) is 35.4 Å². The fourth-order valence-electron chi connectivity index (χ4n) is 5.79. The van der Waals surface area contributed by atoms with Crippen molar-refractivity contribution in [3.05, 3.63) is 30.5 Å². The number of aromatic nitrogens is 3. The number of nitrogens with one attached hydrogen (secondary N) is 2. The van der Waals surface area contributed by atoms with E-state index in [2.05, 4.69) is 25.8 Å². The minimum atomic E-state index is -1.06. The number of amides is 3. The topological polar surface area (TPSA) is 153 Å². The molecule has 5 rings (SSSR count). The number of phenols is 1. The Hall–Kier alpha value is -3.51. The molecule has 0 saturated carbocycles. The summed E-state index contributed by atoms with van der Waals surface area (Å²) < 4.78 is 1.67. The summed E-state index contributed by atoms with van der Waals surface area (Å²) in [7, 11) is 0. The third kappa shape index (κ3) is 5.10.